The van der Waals surface area contributed by atoms with Crippen molar-refractivity contribution in [3.05, 3.63) is 111 Å². The molecule has 2 heterocycles. The first kappa shape index (κ1) is 34.7. The van der Waals surface area contributed by atoms with E-state index in [1.165, 1.54) is 15.9 Å². The summed E-state index contributed by atoms with van der Waals surface area (Å²) in [6, 6.07) is 17.6. The first-order valence-corrected chi connectivity index (χ1v) is 17.1. The quantitative estimate of drug-likeness (QED) is 0.134. The lowest BCUT2D eigenvalue weighted by molar-refractivity contribution is -0.139. The van der Waals surface area contributed by atoms with Crippen LogP contribution in [0.3, 0.4) is 0 Å². The molecule has 0 unspecified atom stereocenters. The summed E-state index contributed by atoms with van der Waals surface area (Å²) in [5.41, 5.74) is 3.11. The number of carbonyl (C=O) groups is 1. The summed E-state index contributed by atoms with van der Waals surface area (Å²) in [6.07, 6.45) is 3.02. The monoisotopic (exact) mass is 779 g/mol. The highest BCUT2D eigenvalue weighted by Crippen LogP contribution is 2.39. The number of hydrogen-bond acceptors (Lipinski definition) is 10. The van der Waals surface area contributed by atoms with Gasteiger partial charge in [0.1, 0.15) is 24.1 Å². The van der Waals surface area contributed by atoms with E-state index in [0.717, 1.165) is 15.6 Å². The summed E-state index contributed by atoms with van der Waals surface area (Å²) in [5, 5.41) is 9.46. The molecular weight excluding hydrogens is 745 g/mol. The number of nitriles is 1. The van der Waals surface area contributed by atoms with Gasteiger partial charge in [-0.25, -0.2) is 9.79 Å². The fraction of sp³-hybridized carbons (Fsp3) is 0.278. The van der Waals surface area contributed by atoms with Crippen LogP contribution >= 0.6 is 33.9 Å². The average molecular weight is 780 g/mol. The predicted octanol–water partition coefficient (Wildman–Crippen LogP) is 5.66. The summed E-state index contributed by atoms with van der Waals surface area (Å²) < 4.78 is 31.3. The van der Waals surface area contributed by atoms with E-state index in [1.807, 2.05) is 31.2 Å². The summed E-state index contributed by atoms with van der Waals surface area (Å²) in [7, 11) is 4.64. The molecule has 1 aliphatic heterocycles. The normalized spacial score (nSPS) is 14.1. The van der Waals surface area contributed by atoms with Crippen LogP contribution in [0.25, 0.3) is 6.08 Å². The van der Waals surface area contributed by atoms with E-state index >= 15 is 0 Å². The smallest absolute Gasteiger partial charge is 0.338 e. The minimum atomic E-state index is -0.865. The average Bonchev–Trinajstić information content (AvgIpc) is 3.40. The summed E-state index contributed by atoms with van der Waals surface area (Å²) in [5.74, 6) is 1.50. The molecule has 0 saturated heterocycles. The van der Waals surface area contributed by atoms with Crippen molar-refractivity contribution in [2.45, 2.75) is 39.3 Å². The van der Waals surface area contributed by atoms with Crippen LogP contribution in [0.15, 0.2) is 75.7 Å². The number of aromatic nitrogens is 1. The van der Waals surface area contributed by atoms with Crippen molar-refractivity contribution in [3.63, 3.8) is 0 Å². The van der Waals surface area contributed by atoms with Gasteiger partial charge in [-0.2, -0.15) is 5.26 Å². The number of benzene rings is 3. The fourth-order valence-corrected chi connectivity index (χ4v) is 7.29. The molecule has 1 aliphatic rings. The fourth-order valence-electron chi connectivity index (χ4n) is 5.49. The second-order valence-corrected chi connectivity index (χ2v) is 12.8. The third-order valence-corrected chi connectivity index (χ3v) is 9.47. The van der Waals surface area contributed by atoms with Crippen LogP contribution in [0.1, 0.15) is 55.0 Å². The van der Waals surface area contributed by atoms with Crippen LogP contribution in [-0.4, -0.2) is 38.5 Å². The van der Waals surface area contributed by atoms with E-state index in [1.54, 1.807) is 64.7 Å². The Morgan fingerprint density at radius 2 is 1.83 bits per heavy atom. The lowest BCUT2D eigenvalue weighted by Crippen LogP contribution is -2.40. The van der Waals surface area contributed by atoms with Crippen molar-refractivity contribution in [1.82, 2.24) is 4.57 Å². The van der Waals surface area contributed by atoms with Gasteiger partial charge in [0.05, 0.1) is 58.9 Å². The van der Waals surface area contributed by atoms with Crippen LogP contribution in [0.4, 0.5) is 0 Å². The molecule has 0 amide bonds. The Balaban J connectivity index is 1.66. The number of methoxy groups -OCH3 is 3. The van der Waals surface area contributed by atoms with Gasteiger partial charge < -0.3 is 23.7 Å². The second kappa shape index (κ2) is 15.5. The van der Waals surface area contributed by atoms with Crippen molar-refractivity contribution in [3.8, 4) is 29.1 Å². The van der Waals surface area contributed by atoms with Crippen molar-refractivity contribution < 1.29 is 28.5 Å². The molecule has 248 valence electrons. The molecule has 0 spiro atoms. The van der Waals surface area contributed by atoms with Crippen LogP contribution in [0.5, 0.6) is 23.0 Å². The van der Waals surface area contributed by atoms with Crippen molar-refractivity contribution in [2.75, 3.05) is 27.9 Å². The van der Waals surface area contributed by atoms with Gasteiger partial charge in [-0.1, -0.05) is 42.9 Å². The largest absolute Gasteiger partial charge is 0.497 e. The lowest BCUT2D eigenvalue weighted by Gasteiger charge is -2.27. The van der Waals surface area contributed by atoms with Gasteiger partial charge in [0, 0.05) is 11.1 Å². The Morgan fingerprint density at radius 1 is 1.06 bits per heavy atom. The molecule has 10 nitrogen and oxygen atoms in total. The molecule has 3 aromatic carbocycles. The topological polar surface area (TPSA) is 121 Å². The number of hydrogen-bond donors (Lipinski definition) is 0. The van der Waals surface area contributed by atoms with E-state index in [0.29, 0.717) is 66.7 Å². The number of ether oxygens (including phenoxy) is 5. The number of thiazole rings is 1. The Kier molecular flexibility index (Phi) is 11.2. The molecular formula is C36H34IN3O7S. The highest BCUT2D eigenvalue weighted by Gasteiger charge is 2.36. The molecule has 0 N–H and O–H groups in total. The Labute approximate surface area is 295 Å². The molecule has 1 atom stereocenters. The number of fused-ring (bicyclic) bond motifs is 1. The molecule has 0 aliphatic carbocycles. The number of allylic oxidation sites excluding steroid dienone is 1. The van der Waals surface area contributed by atoms with Gasteiger partial charge in [-0.15, -0.1) is 0 Å². The number of carbonyl (C=O) groups excluding carboxylic acids is 1. The lowest BCUT2D eigenvalue weighted by atomic mass is 9.93. The zero-order chi connectivity index (χ0) is 34.4. The number of rotatable bonds is 12. The van der Waals surface area contributed by atoms with Gasteiger partial charge >= 0.3 is 5.97 Å². The Morgan fingerprint density at radius 3 is 2.52 bits per heavy atom. The third kappa shape index (κ3) is 6.97. The Bertz CT molecular complexity index is 2110. The van der Waals surface area contributed by atoms with Crippen molar-refractivity contribution in [1.29, 1.82) is 5.26 Å². The molecule has 0 radical (unpaired) electrons. The number of halogens is 1. The van der Waals surface area contributed by atoms with Gasteiger partial charge in [0.2, 0.25) is 0 Å². The Hall–Kier alpha value is -4.61. The van der Waals surface area contributed by atoms with Crippen molar-refractivity contribution in [2.24, 2.45) is 4.99 Å². The molecule has 1 aromatic heterocycles. The van der Waals surface area contributed by atoms with E-state index in [9.17, 15) is 14.9 Å². The first-order chi connectivity index (χ1) is 23.3. The number of nitrogens with zero attached hydrogens (tertiary/aromatic N) is 3. The van der Waals surface area contributed by atoms with Crippen LogP contribution in [0.2, 0.25) is 0 Å². The maximum atomic E-state index is 14.3. The maximum Gasteiger partial charge on any atom is 0.338 e. The van der Waals surface area contributed by atoms with Gasteiger partial charge in [0.25, 0.3) is 5.56 Å². The minimum Gasteiger partial charge on any atom is -0.497 e. The molecule has 5 rings (SSSR count). The second-order valence-electron chi connectivity index (χ2n) is 10.6. The zero-order valence-electron chi connectivity index (χ0n) is 27.2. The standard InChI is InChI=1S/C36H34IN3O7S/c1-6-10-27-31(35(42)46-7-2)32(25-18-24(43-3)13-14-28(25)44-4)40-34(41)30(48-36(40)39-27)17-21-15-26(37)33(29(16-21)45-5)47-20-23-12-9-8-11-22(23)19-38/h8-9,11-18,32H,6-7,10,20H2,1-5H3/b30-17-/t32-/m0/s1. The SMILES string of the molecule is CCCC1=C(C(=O)OCC)[C@H](c2cc(OC)ccc2OC)n2c(s/c(=C\c3cc(I)c(OCc4ccccc4C#N)c(OC)c3)c2=O)=N1. The molecule has 0 fully saturated rings. The van der Waals surface area contributed by atoms with E-state index in [-0.39, 0.29) is 18.8 Å². The predicted molar refractivity (Wildman–Crippen MR) is 190 cm³/mol. The van der Waals surface area contributed by atoms with E-state index in [4.69, 9.17) is 28.7 Å². The molecule has 4 aromatic rings. The van der Waals surface area contributed by atoms with Crippen LogP contribution in [-0.2, 0) is 16.1 Å². The van der Waals surface area contributed by atoms with Gasteiger partial charge in [0.15, 0.2) is 16.3 Å². The number of esters is 1. The highest BCUT2D eigenvalue weighted by molar-refractivity contribution is 14.1. The van der Waals surface area contributed by atoms with Crippen LogP contribution < -0.4 is 33.8 Å². The van der Waals surface area contributed by atoms with E-state index in [2.05, 4.69) is 28.7 Å². The van der Waals surface area contributed by atoms with E-state index < -0.39 is 12.0 Å². The van der Waals surface area contributed by atoms with Gasteiger partial charge in [-0.05, 0) is 84.0 Å². The zero-order valence-corrected chi connectivity index (χ0v) is 30.1. The van der Waals surface area contributed by atoms with Crippen molar-refractivity contribution >= 4 is 46.0 Å². The first-order valence-electron chi connectivity index (χ1n) is 15.2. The summed E-state index contributed by atoms with van der Waals surface area (Å²) in [6.45, 7) is 4.10. The third-order valence-electron chi connectivity index (χ3n) is 7.68. The molecule has 12 heteroatoms. The highest BCUT2D eigenvalue weighted by atomic mass is 127. The molecule has 48 heavy (non-hydrogen) atoms. The summed E-state index contributed by atoms with van der Waals surface area (Å²) in [4.78, 5) is 33.2. The minimum absolute atomic E-state index is 0.166. The van der Waals surface area contributed by atoms with Gasteiger partial charge in [-0.3, -0.25) is 9.36 Å². The summed E-state index contributed by atoms with van der Waals surface area (Å²) >= 11 is 3.40. The molecule has 0 bridgehead atoms. The van der Waals surface area contributed by atoms with Crippen LogP contribution in [0, 0.1) is 14.9 Å². The maximum absolute atomic E-state index is 14.3. The molecule has 0 saturated carbocycles.